The third-order valence-electron chi connectivity index (χ3n) is 4.27. The molecule has 1 aromatic heterocycles. The van der Waals surface area contributed by atoms with E-state index in [1.165, 1.54) is 0 Å². The molecular weight excluding hydrogens is 378 g/mol. The number of aromatic nitrogens is 1. The van der Waals surface area contributed by atoms with Gasteiger partial charge in [0.2, 0.25) is 0 Å². The Morgan fingerprint density at radius 3 is 2.57 bits per heavy atom. The molecule has 2 N–H and O–H groups in total. The number of fused-ring (bicyclic) bond motifs is 1. The van der Waals surface area contributed by atoms with Gasteiger partial charge in [0.1, 0.15) is 18.9 Å². The second kappa shape index (κ2) is 7.78. The monoisotopic (exact) mass is 395 g/mol. The molecule has 0 fully saturated rings. The van der Waals surface area contributed by atoms with Gasteiger partial charge < -0.3 is 20.1 Å². The first-order valence-corrected chi connectivity index (χ1v) is 9.16. The smallest absolute Gasteiger partial charge is 0.274 e. The van der Waals surface area contributed by atoms with Crippen LogP contribution in [-0.2, 0) is 0 Å². The molecule has 0 aliphatic carbocycles. The third kappa shape index (κ3) is 4.02. The maximum atomic E-state index is 12.4. The van der Waals surface area contributed by atoms with E-state index in [2.05, 4.69) is 15.6 Å². The Balaban J connectivity index is 1.45. The number of carbonyl (C=O) groups is 1. The van der Waals surface area contributed by atoms with Crippen LogP contribution in [-0.4, -0.2) is 24.1 Å². The molecule has 7 heteroatoms. The van der Waals surface area contributed by atoms with Gasteiger partial charge in [-0.3, -0.25) is 4.79 Å². The van der Waals surface area contributed by atoms with E-state index in [0.717, 1.165) is 22.7 Å². The van der Waals surface area contributed by atoms with Gasteiger partial charge in [0.05, 0.1) is 11.9 Å². The third-order valence-corrected chi connectivity index (χ3v) is 4.51. The fourth-order valence-electron chi connectivity index (χ4n) is 2.81. The molecule has 0 spiro atoms. The first-order valence-electron chi connectivity index (χ1n) is 8.79. The highest BCUT2D eigenvalue weighted by Gasteiger charge is 2.13. The molecule has 0 atom stereocenters. The number of hydrogen-bond donors (Lipinski definition) is 2. The molecule has 2 heterocycles. The minimum Gasteiger partial charge on any atom is -0.486 e. The Labute approximate surface area is 167 Å². The van der Waals surface area contributed by atoms with Gasteiger partial charge in [0.15, 0.2) is 11.5 Å². The number of aryl methyl sites for hydroxylation is 1. The summed E-state index contributed by atoms with van der Waals surface area (Å²) in [6, 6.07) is 14.4. The fraction of sp³-hybridized carbons (Fsp3) is 0.143. The Morgan fingerprint density at radius 2 is 1.79 bits per heavy atom. The largest absolute Gasteiger partial charge is 0.486 e. The van der Waals surface area contributed by atoms with Crippen molar-refractivity contribution in [3.8, 4) is 11.5 Å². The predicted octanol–water partition coefficient (Wildman–Crippen LogP) is 4.81. The lowest BCUT2D eigenvalue weighted by Crippen LogP contribution is -2.15. The number of anilines is 3. The zero-order valence-corrected chi connectivity index (χ0v) is 15.9. The minimum absolute atomic E-state index is 0.295. The van der Waals surface area contributed by atoms with Gasteiger partial charge in [0, 0.05) is 22.5 Å². The van der Waals surface area contributed by atoms with Crippen LogP contribution in [0.2, 0.25) is 5.02 Å². The molecule has 0 bridgehead atoms. The molecule has 2 aromatic carbocycles. The summed E-state index contributed by atoms with van der Waals surface area (Å²) >= 11 is 6.00. The van der Waals surface area contributed by atoms with Gasteiger partial charge in [-0.25, -0.2) is 4.98 Å². The standard InChI is InChI=1S/C21H18ClN3O3/c1-13-2-3-14(22)10-18(13)25-21(26)17-6-4-16(12-23-17)24-15-5-7-19-20(11-15)28-9-8-27-19/h2-7,10-12,24H,8-9H2,1H3,(H,25,26). The van der Waals surface area contributed by atoms with Crippen LogP contribution in [0.25, 0.3) is 0 Å². The molecule has 0 saturated heterocycles. The highest BCUT2D eigenvalue weighted by Crippen LogP contribution is 2.33. The highest BCUT2D eigenvalue weighted by molar-refractivity contribution is 6.31. The lowest BCUT2D eigenvalue weighted by atomic mass is 10.2. The number of benzene rings is 2. The van der Waals surface area contributed by atoms with Crippen LogP contribution in [0.15, 0.2) is 54.7 Å². The van der Waals surface area contributed by atoms with E-state index < -0.39 is 0 Å². The molecule has 0 saturated carbocycles. The molecule has 1 aliphatic heterocycles. The van der Waals surface area contributed by atoms with Gasteiger partial charge >= 0.3 is 0 Å². The van der Waals surface area contributed by atoms with Crippen LogP contribution in [0.5, 0.6) is 11.5 Å². The first-order chi connectivity index (χ1) is 13.6. The van der Waals surface area contributed by atoms with Crippen LogP contribution in [0, 0.1) is 6.92 Å². The molecule has 1 aliphatic rings. The maximum Gasteiger partial charge on any atom is 0.274 e. The summed E-state index contributed by atoms with van der Waals surface area (Å²) in [7, 11) is 0. The van der Waals surface area contributed by atoms with Crippen molar-refractivity contribution in [2.45, 2.75) is 6.92 Å². The topological polar surface area (TPSA) is 72.5 Å². The molecular formula is C21H18ClN3O3. The van der Waals surface area contributed by atoms with E-state index in [9.17, 15) is 4.79 Å². The number of amides is 1. The predicted molar refractivity (Wildman–Crippen MR) is 109 cm³/mol. The van der Waals surface area contributed by atoms with Crippen molar-refractivity contribution >= 4 is 34.6 Å². The zero-order valence-electron chi connectivity index (χ0n) is 15.2. The van der Waals surface area contributed by atoms with Crippen molar-refractivity contribution in [1.29, 1.82) is 0 Å². The number of hydrogen-bond acceptors (Lipinski definition) is 5. The van der Waals surface area contributed by atoms with Gasteiger partial charge in [-0.05, 0) is 48.9 Å². The molecule has 142 valence electrons. The minimum atomic E-state index is -0.295. The number of carbonyl (C=O) groups excluding carboxylic acids is 1. The molecule has 0 unspecified atom stereocenters. The molecule has 6 nitrogen and oxygen atoms in total. The highest BCUT2D eigenvalue weighted by atomic mass is 35.5. The van der Waals surface area contributed by atoms with Crippen molar-refractivity contribution in [2.75, 3.05) is 23.8 Å². The van der Waals surface area contributed by atoms with Gasteiger partial charge in [-0.15, -0.1) is 0 Å². The number of pyridine rings is 1. The number of halogens is 1. The summed E-state index contributed by atoms with van der Waals surface area (Å²) in [4.78, 5) is 16.7. The molecule has 1 amide bonds. The van der Waals surface area contributed by atoms with Crippen LogP contribution >= 0.6 is 11.6 Å². The summed E-state index contributed by atoms with van der Waals surface area (Å²) in [5, 5.41) is 6.64. The average molecular weight is 396 g/mol. The quantitative estimate of drug-likeness (QED) is 0.663. The lowest BCUT2D eigenvalue weighted by Gasteiger charge is -2.19. The van der Waals surface area contributed by atoms with Crippen molar-refractivity contribution < 1.29 is 14.3 Å². The number of ether oxygens (including phenoxy) is 2. The van der Waals surface area contributed by atoms with E-state index in [0.29, 0.717) is 35.4 Å². The van der Waals surface area contributed by atoms with Gasteiger partial charge in [-0.2, -0.15) is 0 Å². The van der Waals surface area contributed by atoms with E-state index in [4.69, 9.17) is 21.1 Å². The van der Waals surface area contributed by atoms with E-state index >= 15 is 0 Å². The Bertz CT molecular complexity index is 1020. The van der Waals surface area contributed by atoms with Crippen LogP contribution in [0.3, 0.4) is 0 Å². The zero-order chi connectivity index (χ0) is 19.5. The van der Waals surface area contributed by atoms with Crippen molar-refractivity contribution in [3.05, 3.63) is 71.0 Å². The van der Waals surface area contributed by atoms with Gasteiger partial charge in [0.25, 0.3) is 5.91 Å². The maximum absolute atomic E-state index is 12.4. The summed E-state index contributed by atoms with van der Waals surface area (Å²) in [6.45, 7) is 3.00. The Kier molecular flexibility index (Phi) is 5.04. The van der Waals surface area contributed by atoms with Gasteiger partial charge in [-0.1, -0.05) is 17.7 Å². The first kappa shape index (κ1) is 18.1. The van der Waals surface area contributed by atoms with E-state index in [1.54, 1.807) is 30.5 Å². The van der Waals surface area contributed by atoms with E-state index in [1.807, 2.05) is 31.2 Å². The molecule has 28 heavy (non-hydrogen) atoms. The van der Waals surface area contributed by atoms with Crippen molar-refractivity contribution in [3.63, 3.8) is 0 Å². The number of nitrogens with one attached hydrogen (secondary N) is 2. The molecule has 4 rings (SSSR count). The summed E-state index contributed by atoms with van der Waals surface area (Å²) in [5.41, 5.74) is 3.50. The number of rotatable bonds is 4. The summed E-state index contributed by atoms with van der Waals surface area (Å²) < 4.78 is 11.1. The SMILES string of the molecule is Cc1ccc(Cl)cc1NC(=O)c1ccc(Nc2ccc3c(c2)OCCO3)cn1. The summed E-state index contributed by atoms with van der Waals surface area (Å²) in [5.74, 6) is 1.14. The summed E-state index contributed by atoms with van der Waals surface area (Å²) in [6.07, 6.45) is 1.61. The van der Waals surface area contributed by atoms with Crippen LogP contribution < -0.4 is 20.1 Å². The van der Waals surface area contributed by atoms with Crippen molar-refractivity contribution in [2.24, 2.45) is 0 Å². The Morgan fingerprint density at radius 1 is 1.00 bits per heavy atom. The Hall–Kier alpha value is -3.25. The van der Waals surface area contributed by atoms with Crippen LogP contribution in [0.4, 0.5) is 17.1 Å². The fourth-order valence-corrected chi connectivity index (χ4v) is 2.98. The second-order valence-electron chi connectivity index (χ2n) is 6.33. The van der Waals surface area contributed by atoms with Crippen LogP contribution in [0.1, 0.15) is 16.1 Å². The average Bonchev–Trinajstić information content (AvgIpc) is 2.71. The normalized spacial score (nSPS) is 12.4. The molecule has 0 radical (unpaired) electrons. The second-order valence-corrected chi connectivity index (χ2v) is 6.77. The van der Waals surface area contributed by atoms with E-state index in [-0.39, 0.29) is 5.91 Å². The number of nitrogens with zero attached hydrogens (tertiary/aromatic N) is 1. The van der Waals surface area contributed by atoms with Crippen molar-refractivity contribution in [1.82, 2.24) is 4.98 Å². The molecule has 3 aromatic rings. The lowest BCUT2D eigenvalue weighted by molar-refractivity contribution is 0.102.